The van der Waals surface area contributed by atoms with Crippen LogP contribution in [0.4, 0.5) is 41.9 Å². The van der Waals surface area contributed by atoms with E-state index in [9.17, 15) is 23.3 Å². The Morgan fingerprint density at radius 2 is 1.69 bits per heavy atom. The fourth-order valence-electron chi connectivity index (χ4n) is 2.73. The van der Waals surface area contributed by atoms with E-state index in [1.165, 1.54) is 12.1 Å². The van der Waals surface area contributed by atoms with Crippen molar-refractivity contribution < 1.29 is 18.1 Å². The van der Waals surface area contributed by atoms with Crippen molar-refractivity contribution in [3.05, 3.63) is 75.6 Å². The Morgan fingerprint density at radius 3 is 2.31 bits per heavy atom. The van der Waals surface area contributed by atoms with Crippen LogP contribution >= 0.6 is 0 Å². The minimum absolute atomic E-state index is 0.0130. The quantitative estimate of drug-likeness (QED) is 0.431. The van der Waals surface area contributed by atoms with E-state index in [1.807, 2.05) is 26.0 Å². The van der Waals surface area contributed by atoms with Gasteiger partial charge in [0.15, 0.2) is 0 Å². The molecule has 0 radical (unpaired) electrons. The normalized spacial score (nSPS) is 11.2. The summed E-state index contributed by atoms with van der Waals surface area (Å²) < 4.78 is 38.7. The number of aromatic nitrogens is 2. The van der Waals surface area contributed by atoms with Gasteiger partial charge >= 0.3 is 11.9 Å². The van der Waals surface area contributed by atoms with Gasteiger partial charge in [-0.15, -0.1) is 0 Å². The molecule has 10 heteroatoms. The SMILES string of the molecule is Cc1ccc(Nc2ncnc(Nc3cccc(C(F)(F)F)c3)c2[N+](=O)[O-])c(C)c1. The number of aryl methyl sites for hydroxylation is 2. The third kappa shape index (κ3) is 4.60. The Labute approximate surface area is 163 Å². The molecule has 0 aliphatic carbocycles. The van der Waals surface area contributed by atoms with Crippen LogP contribution in [-0.4, -0.2) is 14.9 Å². The molecular formula is C19H16F3N5O2. The molecule has 1 heterocycles. The van der Waals surface area contributed by atoms with Gasteiger partial charge in [-0.1, -0.05) is 23.8 Å². The second kappa shape index (κ2) is 7.74. The molecule has 0 unspecified atom stereocenters. The molecule has 3 rings (SSSR count). The molecule has 1 aromatic heterocycles. The summed E-state index contributed by atoms with van der Waals surface area (Å²) in [4.78, 5) is 18.7. The van der Waals surface area contributed by atoms with Crippen LogP contribution in [0.15, 0.2) is 48.8 Å². The number of halogens is 3. The van der Waals surface area contributed by atoms with E-state index in [1.54, 1.807) is 6.07 Å². The number of alkyl halides is 3. The molecule has 2 aromatic carbocycles. The molecule has 2 N–H and O–H groups in total. The molecule has 7 nitrogen and oxygen atoms in total. The standard InChI is InChI=1S/C19H16F3N5O2/c1-11-6-7-15(12(2)8-11)26-18-16(27(28)29)17(23-10-24-18)25-14-5-3-4-13(9-14)19(20,21)22/h3-10H,1-2H3,(H2,23,24,25,26). The number of nitrogens with one attached hydrogen (secondary N) is 2. The van der Waals surface area contributed by atoms with Crippen molar-refractivity contribution in [2.24, 2.45) is 0 Å². The molecule has 0 aliphatic rings. The highest BCUT2D eigenvalue weighted by atomic mass is 19.4. The van der Waals surface area contributed by atoms with Crippen LogP contribution in [0.5, 0.6) is 0 Å². The fourth-order valence-corrected chi connectivity index (χ4v) is 2.73. The van der Waals surface area contributed by atoms with Gasteiger partial charge in [-0.05, 0) is 43.7 Å². The van der Waals surface area contributed by atoms with Crippen molar-refractivity contribution in [3.63, 3.8) is 0 Å². The first-order chi connectivity index (χ1) is 13.6. The molecular weight excluding hydrogens is 387 g/mol. The van der Waals surface area contributed by atoms with Gasteiger partial charge < -0.3 is 10.6 Å². The largest absolute Gasteiger partial charge is 0.416 e. The van der Waals surface area contributed by atoms with E-state index in [2.05, 4.69) is 20.6 Å². The maximum Gasteiger partial charge on any atom is 0.416 e. The molecule has 0 bridgehead atoms. The monoisotopic (exact) mass is 403 g/mol. The molecule has 29 heavy (non-hydrogen) atoms. The van der Waals surface area contributed by atoms with Crippen LogP contribution in [0.25, 0.3) is 0 Å². The molecule has 150 valence electrons. The van der Waals surface area contributed by atoms with Crippen molar-refractivity contribution in [1.29, 1.82) is 0 Å². The van der Waals surface area contributed by atoms with Gasteiger partial charge in [0.25, 0.3) is 0 Å². The number of hydrogen-bond acceptors (Lipinski definition) is 6. The summed E-state index contributed by atoms with van der Waals surface area (Å²) in [5, 5.41) is 17.1. The molecule has 3 aromatic rings. The summed E-state index contributed by atoms with van der Waals surface area (Å²) in [7, 11) is 0. The number of benzene rings is 2. The van der Waals surface area contributed by atoms with Crippen LogP contribution in [0.1, 0.15) is 16.7 Å². The Kier molecular flexibility index (Phi) is 5.35. The topological polar surface area (TPSA) is 93.0 Å². The zero-order valence-corrected chi connectivity index (χ0v) is 15.4. The number of nitro groups is 1. The van der Waals surface area contributed by atoms with Crippen molar-refractivity contribution in [2.75, 3.05) is 10.6 Å². The minimum atomic E-state index is -4.54. The van der Waals surface area contributed by atoms with E-state index in [0.717, 1.165) is 29.6 Å². The van der Waals surface area contributed by atoms with Gasteiger partial charge in [-0.25, -0.2) is 9.97 Å². The molecule has 0 spiro atoms. The van der Waals surface area contributed by atoms with E-state index in [-0.39, 0.29) is 17.3 Å². The third-order valence-electron chi connectivity index (χ3n) is 4.09. The first-order valence-electron chi connectivity index (χ1n) is 8.43. The average Bonchev–Trinajstić information content (AvgIpc) is 2.63. The van der Waals surface area contributed by atoms with Gasteiger partial charge in [-0.3, -0.25) is 10.1 Å². The lowest BCUT2D eigenvalue weighted by atomic mass is 10.1. The Hall–Kier alpha value is -3.69. The van der Waals surface area contributed by atoms with Crippen LogP contribution in [0.3, 0.4) is 0 Å². The van der Waals surface area contributed by atoms with Crippen molar-refractivity contribution in [3.8, 4) is 0 Å². The molecule has 0 amide bonds. The number of rotatable bonds is 5. The summed E-state index contributed by atoms with van der Waals surface area (Å²) >= 11 is 0. The van der Waals surface area contributed by atoms with Crippen LogP contribution in [0, 0.1) is 24.0 Å². The summed E-state index contributed by atoms with van der Waals surface area (Å²) in [6.45, 7) is 3.76. The van der Waals surface area contributed by atoms with Crippen LogP contribution in [0.2, 0.25) is 0 Å². The lowest BCUT2D eigenvalue weighted by molar-refractivity contribution is -0.383. The Balaban J connectivity index is 1.98. The molecule has 0 saturated heterocycles. The maximum absolute atomic E-state index is 12.9. The number of hydrogen-bond donors (Lipinski definition) is 2. The maximum atomic E-state index is 12.9. The Bertz CT molecular complexity index is 1070. The zero-order valence-electron chi connectivity index (χ0n) is 15.4. The van der Waals surface area contributed by atoms with Gasteiger partial charge in [0.2, 0.25) is 11.6 Å². The molecule has 0 saturated carbocycles. The zero-order chi connectivity index (χ0) is 21.2. The van der Waals surface area contributed by atoms with Crippen molar-refractivity contribution in [1.82, 2.24) is 9.97 Å². The predicted octanol–water partition coefficient (Wildman–Crippen LogP) is 5.51. The number of anilines is 4. The fraction of sp³-hybridized carbons (Fsp3) is 0.158. The van der Waals surface area contributed by atoms with E-state index in [0.29, 0.717) is 5.69 Å². The average molecular weight is 403 g/mol. The predicted molar refractivity (Wildman–Crippen MR) is 103 cm³/mol. The highest BCUT2D eigenvalue weighted by Gasteiger charge is 2.31. The highest BCUT2D eigenvalue weighted by Crippen LogP contribution is 2.35. The van der Waals surface area contributed by atoms with Gasteiger partial charge in [-0.2, -0.15) is 13.2 Å². The second-order valence-corrected chi connectivity index (χ2v) is 6.32. The second-order valence-electron chi connectivity index (χ2n) is 6.32. The lowest BCUT2D eigenvalue weighted by Gasteiger charge is -2.13. The Morgan fingerprint density at radius 1 is 1.00 bits per heavy atom. The summed E-state index contributed by atoms with van der Waals surface area (Å²) in [6.07, 6.45) is -3.44. The van der Waals surface area contributed by atoms with Crippen molar-refractivity contribution >= 4 is 28.7 Å². The summed E-state index contributed by atoms with van der Waals surface area (Å²) in [6, 6.07) is 9.82. The summed E-state index contributed by atoms with van der Waals surface area (Å²) in [5.74, 6) is -0.303. The smallest absolute Gasteiger partial charge is 0.334 e. The van der Waals surface area contributed by atoms with Crippen molar-refractivity contribution in [2.45, 2.75) is 20.0 Å². The third-order valence-corrected chi connectivity index (χ3v) is 4.09. The molecule has 0 atom stereocenters. The molecule has 0 fully saturated rings. The van der Waals surface area contributed by atoms with Crippen LogP contribution < -0.4 is 10.6 Å². The first-order valence-corrected chi connectivity index (χ1v) is 8.43. The lowest BCUT2D eigenvalue weighted by Crippen LogP contribution is -2.07. The summed E-state index contributed by atoms with van der Waals surface area (Å²) in [5.41, 5.74) is 1.14. The van der Waals surface area contributed by atoms with E-state index < -0.39 is 22.4 Å². The van der Waals surface area contributed by atoms with E-state index in [4.69, 9.17) is 0 Å². The minimum Gasteiger partial charge on any atom is -0.334 e. The highest BCUT2D eigenvalue weighted by molar-refractivity contribution is 5.77. The van der Waals surface area contributed by atoms with Gasteiger partial charge in [0.1, 0.15) is 6.33 Å². The van der Waals surface area contributed by atoms with Crippen LogP contribution in [-0.2, 0) is 6.18 Å². The number of nitrogens with zero attached hydrogens (tertiary/aromatic N) is 3. The van der Waals surface area contributed by atoms with Gasteiger partial charge in [0.05, 0.1) is 10.5 Å². The molecule has 0 aliphatic heterocycles. The van der Waals surface area contributed by atoms with Gasteiger partial charge in [0, 0.05) is 11.4 Å². The first kappa shape index (κ1) is 20.1. The van der Waals surface area contributed by atoms with E-state index >= 15 is 0 Å².